The second-order valence-electron chi connectivity index (χ2n) is 11.5. The van der Waals surface area contributed by atoms with Crippen LogP contribution in [0.2, 0.25) is 5.02 Å². The Labute approximate surface area is 242 Å². The first-order chi connectivity index (χ1) is 19.4. The van der Waals surface area contributed by atoms with Crippen LogP contribution in [0.15, 0.2) is 42.5 Å². The molecule has 41 heavy (non-hydrogen) atoms. The number of fused-ring (bicyclic) bond motifs is 3. The SMILES string of the molecule is CC(C)(C)OC(=O)N1CCc2c(n(CC(=O)N3CC(F)CC3C(=O)NCc3cccc(Cl)c3F)c3ccccc23)C1. The minimum atomic E-state index is -1.37. The number of carbonyl (C=O) groups excluding carboxylic acids is 3. The Bertz CT molecular complexity index is 1500. The Morgan fingerprint density at radius 2 is 1.88 bits per heavy atom. The largest absolute Gasteiger partial charge is 0.444 e. The molecule has 1 N–H and O–H groups in total. The monoisotopic (exact) mass is 586 g/mol. The predicted octanol–water partition coefficient (Wildman–Crippen LogP) is 4.98. The molecule has 0 spiro atoms. The van der Waals surface area contributed by atoms with Gasteiger partial charge in [-0.25, -0.2) is 13.6 Å². The van der Waals surface area contributed by atoms with Crippen LogP contribution in [-0.4, -0.2) is 63.2 Å². The zero-order valence-corrected chi connectivity index (χ0v) is 24.0. The highest BCUT2D eigenvalue weighted by Crippen LogP contribution is 2.32. The number of halogens is 3. The molecule has 2 atom stereocenters. The van der Waals surface area contributed by atoms with Crippen molar-refractivity contribution >= 4 is 40.4 Å². The number of nitrogens with zero attached hydrogens (tertiary/aromatic N) is 3. The average Bonchev–Trinajstić information content (AvgIpc) is 3.46. The van der Waals surface area contributed by atoms with Gasteiger partial charge in [-0.2, -0.15) is 0 Å². The molecule has 1 saturated heterocycles. The second kappa shape index (κ2) is 11.3. The Hall–Kier alpha value is -3.66. The smallest absolute Gasteiger partial charge is 0.410 e. The van der Waals surface area contributed by atoms with Crippen LogP contribution in [0.25, 0.3) is 10.9 Å². The lowest BCUT2D eigenvalue weighted by Crippen LogP contribution is -2.47. The van der Waals surface area contributed by atoms with Crippen LogP contribution in [-0.2, 0) is 40.4 Å². The zero-order chi connectivity index (χ0) is 29.5. The Morgan fingerprint density at radius 3 is 2.63 bits per heavy atom. The first-order valence-corrected chi connectivity index (χ1v) is 14.0. The average molecular weight is 587 g/mol. The van der Waals surface area contributed by atoms with Gasteiger partial charge >= 0.3 is 6.09 Å². The molecule has 2 aromatic carbocycles. The summed E-state index contributed by atoms with van der Waals surface area (Å²) in [5.74, 6) is -1.62. The van der Waals surface area contributed by atoms with Gasteiger partial charge in [-0.05, 0) is 44.9 Å². The zero-order valence-electron chi connectivity index (χ0n) is 23.3. The molecule has 8 nitrogen and oxygen atoms in total. The van der Waals surface area contributed by atoms with Crippen molar-refractivity contribution in [1.29, 1.82) is 0 Å². The summed E-state index contributed by atoms with van der Waals surface area (Å²) in [6, 6.07) is 11.1. The lowest BCUT2D eigenvalue weighted by Gasteiger charge is -2.31. The van der Waals surface area contributed by atoms with Crippen molar-refractivity contribution in [2.75, 3.05) is 13.1 Å². The number of likely N-dealkylation sites (tertiary alicyclic amines) is 1. The van der Waals surface area contributed by atoms with Gasteiger partial charge in [-0.3, -0.25) is 9.59 Å². The van der Waals surface area contributed by atoms with E-state index in [-0.39, 0.29) is 43.2 Å². The number of hydrogen-bond acceptors (Lipinski definition) is 4. The molecule has 0 aliphatic carbocycles. The third-order valence-electron chi connectivity index (χ3n) is 7.47. The van der Waals surface area contributed by atoms with E-state index in [1.165, 1.54) is 17.0 Å². The summed E-state index contributed by atoms with van der Waals surface area (Å²) in [6.45, 7) is 5.68. The fourth-order valence-electron chi connectivity index (χ4n) is 5.58. The number of alkyl halides is 1. The summed E-state index contributed by atoms with van der Waals surface area (Å²) < 4.78 is 36.3. The minimum Gasteiger partial charge on any atom is -0.444 e. The number of carbonyl (C=O) groups is 3. The standard InChI is InChI=1S/C30H33ClF2N4O4/c1-30(2,3)41-29(40)35-12-11-21-20-8-4-5-10-23(20)36(25(21)16-35)17-26(38)37-15-19(32)13-24(37)28(39)34-14-18-7-6-9-22(31)27(18)33/h4-10,19,24H,11-17H2,1-3H3,(H,34,39). The second-order valence-corrected chi connectivity index (χ2v) is 11.9. The van der Waals surface area contributed by atoms with Crippen LogP contribution >= 0.6 is 11.6 Å². The molecule has 2 aliphatic heterocycles. The molecule has 218 valence electrons. The number of nitrogens with one attached hydrogen (secondary N) is 1. The van der Waals surface area contributed by atoms with Crippen LogP contribution in [0.5, 0.6) is 0 Å². The first kappa shape index (κ1) is 28.9. The van der Waals surface area contributed by atoms with Crippen molar-refractivity contribution in [3.05, 3.63) is 70.1 Å². The van der Waals surface area contributed by atoms with Gasteiger partial charge in [-0.1, -0.05) is 41.9 Å². The van der Waals surface area contributed by atoms with Crippen molar-refractivity contribution in [2.24, 2.45) is 0 Å². The summed E-state index contributed by atoms with van der Waals surface area (Å²) >= 11 is 5.83. The van der Waals surface area contributed by atoms with Crippen LogP contribution < -0.4 is 5.32 Å². The highest BCUT2D eigenvalue weighted by Gasteiger charge is 2.40. The summed E-state index contributed by atoms with van der Waals surface area (Å²) in [5, 5.41) is 3.55. The Kier molecular flexibility index (Phi) is 7.96. The van der Waals surface area contributed by atoms with E-state index >= 15 is 0 Å². The molecule has 0 bridgehead atoms. The molecule has 3 amide bonds. The third kappa shape index (κ3) is 6.02. The molecule has 0 radical (unpaired) electrons. The molecule has 0 saturated carbocycles. The van der Waals surface area contributed by atoms with Gasteiger partial charge < -0.3 is 24.4 Å². The van der Waals surface area contributed by atoms with Crippen LogP contribution in [0.1, 0.15) is 44.0 Å². The lowest BCUT2D eigenvalue weighted by molar-refractivity contribution is -0.139. The Morgan fingerprint density at radius 1 is 1.12 bits per heavy atom. The van der Waals surface area contributed by atoms with Gasteiger partial charge in [0.25, 0.3) is 0 Å². The molecule has 5 rings (SSSR count). The van der Waals surface area contributed by atoms with Crippen molar-refractivity contribution in [3.8, 4) is 0 Å². The molecule has 3 aromatic rings. The van der Waals surface area contributed by atoms with Gasteiger partial charge in [0.1, 0.15) is 30.2 Å². The topological polar surface area (TPSA) is 83.9 Å². The van der Waals surface area contributed by atoms with E-state index in [0.29, 0.717) is 13.0 Å². The maximum atomic E-state index is 14.6. The van der Waals surface area contributed by atoms with Crippen LogP contribution in [0.4, 0.5) is 13.6 Å². The van der Waals surface area contributed by atoms with E-state index in [1.807, 2.05) is 49.6 Å². The third-order valence-corrected chi connectivity index (χ3v) is 7.76. The predicted molar refractivity (Wildman–Crippen MR) is 151 cm³/mol. The highest BCUT2D eigenvalue weighted by atomic mass is 35.5. The van der Waals surface area contributed by atoms with Gasteiger partial charge in [0.15, 0.2) is 0 Å². The molecular weight excluding hydrogens is 554 g/mol. The molecule has 1 aromatic heterocycles. The van der Waals surface area contributed by atoms with E-state index < -0.39 is 41.5 Å². The highest BCUT2D eigenvalue weighted by molar-refractivity contribution is 6.30. The maximum Gasteiger partial charge on any atom is 0.410 e. The van der Waals surface area contributed by atoms with Gasteiger partial charge in [-0.15, -0.1) is 0 Å². The number of amides is 3. The lowest BCUT2D eigenvalue weighted by atomic mass is 10.0. The molecule has 11 heteroatoms. The van der Waals surface area contributed by atoms with Gasteiger partial charge in [0.2, 0.25) is 11.8 Å². The van der Waals surface area contributed by atoms with Crippen molar-refractivity contribution in [2.45, 2.75) is 71.1 Å². The number of para-hydroxylation sites is 1. The Balaban J connectivity index is 1.36. The fourth-order valence-corrected chi connectivity index (χ4v) is 5.77. The summed E-state index contributed by atoms with van der Waals surface area (Å²) in [7, 11) is 0. The normalized spacial score (nSPS) is 18.9. The summed E-state index contributed by atoms with van der Waals surface area (Å²) in [6.07, 6.45) is -1.35. The van der Waals surface area contributed by atoms with E-state index in [2.05, 4.69) is 5.32 Å². The van der Waals surface area contributed by atoms with Crippen molar-refractivity contribution in [3.63, 3.8) is 0 Å². The fraction of sp³-hybridized carbons (Fsp3) is 0.433. The summed E-state index contributed by atoms with van der Waals surface area (Å²) in [4.78, 5) is 42.4. The van der Waals surface area contributed by atoms with Crippen LogP contribution in [0, 0.1) is 5.82 Å². The maximum absolute atomic E-state index is 14.6. The molecule has 3 heterocycles. The van der Waals surface area contributed by atoms with E-state index in [0.717, 1.165) is 22.2 Å². The van der Waals surface area contributed by atoms with E-state index in [4.69, 9.17) is 16.3 Å². The van der Waals surface area contributed by atoms with Crippen molar-refractivity contribution < 1.29 is 27.9 Å². The minimum absolute atomic E-state index is 0.0641. The number of ether oxygens (including phenoxy) is 1. The van der Waals surface area contributed by atoms with Crippen molar-refractivity contribution in [1.82, 2.24) is 19.7 Å². The number of hydrogen-bond donors (Lipinski definition) is 1. The summed E-state index contributed by atoms with van der Waals surface area (Å²) in [5.41, 5.74) is 2.23. The molecular formula is C30H33ClF2N4O4. The quantitative estimate of drug-likeness (QED) is 0.457. The molecule has 2 unspecified atom stereocenters. The number of aromatic nitrogens is 1. The van der Waals surface area contributed by atoms with Crippen LogP contribution in [0.3, 0.4) is 0 Å². The first-order valence-electron chi connectivity index (χ1n) is 13.6. The number of benzene rings is 2. The van der Waals surface area contributed by atoms with E-state index in [9.17, 15) is 23.2 Å². The van der Waals surface area contributed by atoms with Gasteiger partial charge in [0, 0.05) is 41.7 Å². The van der Waals surface area contributed by atoms with E-state index in [1.54, 1.807) is 11.0 Å². The molecule has 1 fully saturated rings. The number of rotatable bonds is 5. The van der Waals surface area contributed by atoms with Gasteiger partial charge in [0.05, 0.1) is 18.1 Å². The molecule has 2 aliphatic rings.